The van der Waals surface area contributed by atoms with Gasteiger partial charge >= 0.3 is 0 Å². The first-order chi connectivity index (χ1) is 8.68. The topological polar surface area (TPSA) is 17.1 Å². The summed E-state index contributed by atoms with van der Waals surface area (Å²) in [6.07, 6.45) is 0.800. The van der Waals surface area contributed by atoms with Crippen molar-refractivity contribution in [3.05, 3.63) is 71.3 Å². The Morgan fingerprint density at radius 3 is 2.28 bits per heavy atom. The van der Waals surface area contributed by atoms with E-state index in [0.29, 0.717) is 0 Å². The van der Waals surface area contributed by atoms with Gasteiger partial charge in [0.2, 0.25) is 0 Å². The fourth-order valence-electron chi connectivity index (χ4n) is 2.18. The zero-order valence-electron chi connectivity index (χ0n) is 10.9. The number of aryl methyl sites for hydroxylation is 1. The number of Topliss-reactive ketones (excluding diaryl/α,β-unsaturated/α-hetero) is 1. The largest absolute Gasteiger partial charge is 0.294 e. The highest BCUT2D eigenvalue weighted by Crippen LogP contribution is 2.17. The average Bonchev–Trinajstić information content (AvgIpc) is 2.39. The van der Waals surface area contributed by atoms with Crippen molar-refractivity contribution in [1.82, 2.24) is 0 Å². The Bertz CT molecular complexity index is 528. The number of benzene rings is 2. The summed E-state index contributed by atoms with van der Waals surface area (Å²) < 4.78 is 0. The van der Waals surface area contributed by atoms with Gasteiger partial charge in [0.15, 0.2) is 5.78 Å². The molecule has 1 nitrogen and oxygen atoms in total. The first-order valence-electron chi connectivity index (χ1n) is 6.32. The van der Waals surface area contributed by atoms with E-state index in [1.54, 1.807) is 0 Å². The van der Waals surface area contributed by atoms with E-state index in [1.165, 1.54) is 5.56 Å². The lowest BCUT2D eigenvalue weighted by Gasteiger charge is -2.12. The number of rotatable bonds is 4. The van der Waals surface area contributed by atoms with E-state index in [-0.39, 0.29) is 11.7 Å². The smallest absolute Gasteiger partial charge is 0.166 e. The minimum absolute atomic E-state index is 0.0218. The van der Waals surface area contributed by atoms with Crippen molar-refractivity contribution in [2.45, 2.75) is 20.3 Å². The molecule has 1 heteroatoms. The minimum atomic E-state index is 0.0218. The van der Waals surface area contributed by atoms with Crippen molar-refractivity contribution in [2.24, 2.45) is 5.92 Å². The number of hydrogen-bond donors (Lipinski definition) is 0. The number of hydrogen-bond acceptors (Lipinski definition) is 1. The van der Waals surface area contributed by atoms with Crippen LogP contribution in [0.15, 0.2) is 54.6 Å². The van der Waals surface area contributed by atoms with E-state index >= 15 is 0 Å². The molecule has 0 aliphatic heterocycles. The first-order valence-corrected chi connectivity index (χ1v) is 6.32. The molecule has 1 atom stereocenters. The van der Waals surface area contributed by atoms with Crippen molar-refractivity contribution in [3.8, 4) is 0 Å². The lowest BCUT2D eigenvalue weighted by Crippen LogP contribution is -2.15. The third-order valence-corrected chi connectivity index (χ3v) is 3.24. The molecule has 0 saturated heterocycles. The van der Waals surface area contributed by atoms with Gasteiger partial charge in [0.25, 0.3) is 0 Å². The molecule has 0 bridgehead atoms. The van der Waals surface area contributed by atoms with E-state index in [9.17, 15) is 4.79 Å². The van der Waals surface area contributed by atoms with Gasteiger partial charge in [-0.05, 0) is 24.5 Å². The lowest BCUT2D eigenvalue weighted by atomic mass is 9.91. The standard InChI is InChI=1S/C17H18O/c1-13-8-6-7-11-16(13)17(18)14(2)12-15-9-4-3-5-10-15/h3-11,14H,12H2,1-2H3. The van der Waals surface area contributed by atoms with Gasteiger partial charge in [-0.1, -0.05) is 61.5 Å². The van der Waals surface area contributed by atoms with Gasteiger partial charge in [-0.15, -0.1) is 0 Å². The zero-order valence-corrected chi connectivity index (χ0v) is 10.9. The molecule has 0 heterocycles. The fourth-order valence-corrected chi connectivity index (χ4v) is 2.18. The fraction of sp³-hybridized carbons (Fsp3) is 0.235. The van der Waals surface area contributed by atoms with Gasteiger partial charge in [-0.25, -0.2) is 0 Å². The SMILES string of the molecule is Cc1ccccc1C(=O)C(C)Cc1ccccc1. The van der Waals surface area contributed by atoms with Crippen LogP contribution in [0.2, 0.25) is 0 Å². The summed E-state index contributed by atoms with van der Waals surface area (Å²) in [5.74, 6) is 0.255. The third-order valence-electron chi connectivity index (χ3n) is 3.24. The molecular weight excluding hydrogens is 220 g/mol. The summed E-state index contributed by atoms with van der Waals surface area (Å²) >= 11 is 0. The van der Waals surface area contributed by atoms with E-state index in [1.807, 2.05) is 56.3 Å². The van der Waals surface area contributed by atoms with E-state index in [4.69, 9.17) is 0 Å². The summed E-state index contributed by atoms with van der Waals surface area (Å²) in [7, 11) is 0. The molecule has 0 aliphatic rings. The molecule has 2 aromatic rings. The highest BCUT2D eigenvalue weighted by molar-refractivity contribution is 5.99. The molecule has 0 fully saturated rings. The van der Waals surface area contributed by atoms with Crippen LogP contribution < -0.4 is 0 Å². The predicted octanol–water partition coefficient (Wildman–Crippen LogP) is 4.06. The average molecular weight is 238 g/mol. The van der Waals surface area contributed by atoms with Crippen LogP contribution in [0, 0.1) is 12.8 Å². The second-order valence-electron chi connectivity index (χ2n) is 4.77. The summed E-state index contributed by atoms with van der Waals surface area (Å²) in [6.45, 7) is 3.99. The molecule has 1 unspecified atom stereocenters. The van der Waals surface area contributed by atoms with Gasteiger partial charge in [-0.2, -0.15) is 0 Å². The quantitative estimate of drug-likeness (QED) is 0.734. The van der Waals surface area contributed by atoms with Crippen LogP contribution in [0.5, 0.6) is 0 Å². The van der Waals surface area contributed by atoms with Crippen molar-refractivity contribution in [1.29, 1.82) is 0 Å². The Morgan fingerprint density at radius 2 is 1.61 bits per heavy atom. The number of ketones is 1. The Hall–Kier alpha value is -1.89. The van der Waals surface area contributed by atoms with Crippen LogP contribution in [0.3, 0.4) is 0 Å². The van der Waals surface area contributed by atoms with Crippen molar-refractivity contribution >= 4 is 5.78 Å². The van der Waals surface area contributed by atoms with Gasteiger partial charge in [0.1, 0.15) is 0 Å². The normalized spacial score (nSPS) is 12.1. The van der Waals surface area contributed by atoms with Crippen molar-refractivity contribution < 1.29 is 4.79 Å². The van der Waals surface area contributed by atoms with Crippen LogP contribution in [-0.2, 0) is 6.42 Å². The second kappa shape index (κ2) is 5.63. The molecule has 0 radical (unpaired) electrons. The highest BCUT2D eigenvalue weighted by atomic mass is 16.1. The monoisotopic (exact) mass is 238 g/mol. The third kappa shape index (κ3) is 2.86. The molecule has 2 aromatic carbocycles. The summed E-state index contributed by atoms with van der Waals surface area (Å²) in [6, 6.07) is 18.0. The molecule has 0 amide bonds. The molecule has 2 rings (SSSR count). The maximum absolute atomic E-state index is 12.4. The zero-order chi connectivity index (χ0) is 13.0. The molecule has 0 spiro atoms. The number of carbonyl (C=O) groups is 1. The highest BCUT2D eigenvalue weighted by Gasteiger charge is 2.16. The molecule has 0 aliphatic carbocycles. The molecule has 0 saturated carbocycles. The summed E-state index contributed by atoms with van der Waals surface area (Å²) in [5, 5.41) is 0. The van der Waals surface area contributed by atoms with Crippen LogP contribution in [0.25, 0.3) is 0 Å². The maximum Gasteiger partial charge on any atom is 0.166 e. The van der Waals surface area contributed by atoms with E-state index < -0.39 is 0 Å². The molecule has 0 N–H and O–H groups in total. The van der Waals surface area contributed by atoms with Gasteiger partial charge < -0.3 is 0 Å². The van der Waals surface area contributed by atoms with Crippen LogP contribution in [0.1, 0.15) is 28.4 Å². The first kappa shape index (κ1) is 12.6. The lowest BCUT2D eigenvalue weighted by molar-refractivity contribution is 0.0929. The Balaban J connectivity index is 2.13. The maximum atomic E-state index is 12.4. The Labute approximate surface area is 108 Å². The molecule has 0 aromatic heterocycles. The molecule has 92 valence electrons. The van der Waals surface area contributed by atoms with E-state index in [0.717, 1.165) is 17.5 Å². The second-order valence-corrected chi connectivity index (χ2v) is 4.77. The predicted molar refractivity (Wildman–Crippen MR) is 74.8 cm³/mol. The van der Waals surface area contributed by atoms with Crippen molar-refractivity contribution in [2.75, 3.05) is 0 Å². The molecule has 18 heavy (non-hydrogen) atoms. The summed E-state index contributed by atoms with van der Waals surface area (Å²) in [4.78, 5) is 12.4. The summed E-state index contributed by atoms with van der Waals surface area (Å²) in [5.41, 5.74) is 3.12. The minimum Gasteiger partial charge on any atom is -0.294 e. The number of carbonyl (C=O) groups excluding carboxylic acids is 1. The van der Waals surface area contributed by atoms with Crippen LogP contribution in [-0.4, -0.2) is 5.78 Å². The van der Waals surface area contributed by atoms with Gasteiger partial charge in [0, 0.05) is 11.5 Å². The van der Waals surface area contributed by atoms with Crippen LogP contribution >= 0.6 is 0 Å². The van der Waals surface area contributed by atoms with Crippen LogP contribution in [0.4, 0.5) is 0 Å². The van der Waals surface area contributed by atoms with Crippen molar-refractivity contribution in [3.63, 3.8) is 0 Å². The van der Waals surface area contributed by atoms with Gasteiger partial charge in [0.05, 0.1) is 0 Å². The van der Waals surface area contributed by atoms with Gasteiger partial charge in [-0.3, -0.25) is 4.79 Å². The molecular formula is C17H18O. The Kier molecular flexibility index (Phi) is 3.93. The Morgan fingerprint density at radius 1 is 1.00 bits per heavy atom. The van der Waals surface area contributed by atoms with E-state index in [2.05, 4.69) is 12.1 Å².